The summed E-state index contributed by atoms with van der Waals surface area (Å²) in [6.45, 7) is 3.08. The van der Waals surface area contributed by atoms with Crippen LogP contribution in [0.3, 0.4) is 0 Å². The summed E-state index contributed by atoms with van der Waals surface area (Å²) >= 11 is 0. The minimum atomic E-state index is -0.425. The van der Waals surface area contributed by atoms with Crippen molar-refractivity contribution in [2.45, 2.75) is 57.8 Å². The minimum absolute atomic E-state index is 0.0694. The Bertz CT molecular complexity index is 130. The first-order valence-corrected chi connectivity index (χ1v) is 5.74. The van der Waals surface area contributed by atoms with Crippen molar-refractivity contribution in [1.29, 1.82) is 0 Å². The van der Waals surface area contributed by atoms with Gasteiger partial charge in [0.25, 0.3) is 0 Å². The second kappa shape index (κ2) is 7.21. The van der Waals surface area contributed by atoms with E-state index in [-0.39, 0.29) is 6.29 Å². The molecular formula is C11H22O3. The Balaban J connectivity index is 1.91. The lowest BCUT2D eigenvalue weighted by molar-refractivity contribution is -0.218. The number of unbranched alkanes of at least 4 members (excludes halogenated alkanes) is 4. The van der Waals surface area contributed by atoms with E-state index in [0.29, 0.717) is 13.2 Å². The molecule has 14 heavy (non-hydrogen) atoms. The highest BCUT2D eigenvalue weighted by molar-refractivity contribution is 4.60. The van der Waals surface area contributed by atoms with E-state index in [1.807, 2.05) is 0 Å². The van der Waals surface area contributed by atoms with Gasteiger partial charge in [-0.3, -0.25) is 0 Å². The molecule has 0 radical (unpaired) electrons. The zero-order valence-electron chi connectivity index (χ0n) is 9.08. The molecule has 3 nitrogen and oxygen atoms in total. The predicted molar refractivity (Wildman–Crippen MR) is 55.1 cm³/mol. The summed E-state index contributed by atoms with van der Waals surface area (Å²) in [5, 5.41) is 9.12. The van der Waals surface area contributed by atoms with Crippen LogP contribution in [0.15, 0.2) is 0 Å². The first-order chi connectivity index (χ1) is 6.83. The van der Waals surface area contributed by atoms with Crippen molar-refractivity contribution in [2.24, 2.45) is 0 Å². The summed E-state index contributed by atoms with van der Waals surface area (Å²) in [4.78, 5) is 0. The maximum Gasteiger partial charge on any atom is 0.157 e. The van der Waals surface area contributed by atoms with Crippen molar-refractivity contribution in [3.8, 4) is 0 Å². The van der Waals surface area contributed by atoms with Gasteiger partial charge in [0, 0.05) is 0 Å². The van der Waals surface area contributed by atoms with Crippen molar-refractivity contribution < 1.29 is 14.6 Å². The van der Waals surface area contributed by atoms with Crippen molar-refractivity contribution in [3.63, 3.8) is 0 Å². The molecule has 0 aromatic heterocycles. The molecule has 1 aliphatic heterocycles. The highest BCUT2D eigenvalue weighted by atomic mass is 16.7. The maximum absolute atomic E-state index is 9.12. The van der Waals surface area contributed by atoms with E-state index in [0.717, 1.165) is 6.42 Å². The van der Waals surface area contributed by atoms with E-state index < -0.39 is 6.10 Å². The molecule has 1 N–H and O–H groups in total. The van der Waals surface area contributed by atoms with Gasteiger partial charge in [-0.2, -0.15) is 0 Å². The van der Waals surface area contributed by atoms with Crippen LogP contribution in [0.25, 0.3) is 0 Å². The Labute approximate surface area is 86.4 Å². The molecule has 1 rings (SSSR count). The topological polar surface area (TPSA) is 38.7 Å². The molecular weight excluding hydrogens is 180 g/mol. The van der Waals surface area contributed by atoms with Gasteiger partial charge in [-0.1, -0.05) is 32.6 Å². The number of ether oxygens (including phenoxy) is 2. The normalized spacial score (nSPS) is 27.9. The van der Waals surface area contributed by atoms with E-state index in [2.05, 4.69) is 6.92 Å². The third kappa shape index (κ3) is 4.94. The van der Waals surface area contributed by atoms with E-state index in [1.54, 1.807) is 0 Å². The number of rotatable bonds is 6. The van der Waals surface area contributed by atoms with E-state index in [4.69, 9.17) is 14.6 Å². The SMILES string of the molecule is CCCCCCCC1OCC(O)CO1. The van der Waals surface area contributed by atoms with E-state index in [1.165, 1.54) is 32.1 Å². The van der Waals surface area contributed by atoms with Gasteiger partial charge in [0.2, 0.25) is 0 Å². The summed E-state index contributed by atoms with van der Waals surface area (Å²) in [6.07, 6.45) is 6.82. The van der Waals surface area contributed by atoms with Crippen LogP contribution in [0.2, 0.25) is 0 Å². The standard InChI is InChI=1S/C11H22O3/c1-2-3-4-5-6-7-11-13-8-10(12)9-14-11/h10-12H,2-9H2,1H3. The van der Waals surface area contributed by atoms with E-state index in [9.17, 15) is 0 Å². The fourth-order valence-electron chi connectivity index (χ4n) is 1.61. The van der Waals surface area contributed by atoms with Crippen LogP contribution in [0.1, 0.15) is 45.4 Å². The van der Waals surface area contributed by atoms with Crippen LogP contribution in [0.5, 0.6) is 0 Å². The Morgan fingerprint density at radius 2 is 1.71 bits per heavy atom. The first kappa shape index (κ1) is 12.0. The van der Waals surface area contributed by atoms with Gasteiger partial charge in [-0.25, -0.2) is 0 Å². The largest absolute Gasteiger partial charge is 0.388 e. The van der Waals surface area contributed by atoms with Gasteiger partial charge in [-0.05, 0) is 12.8 Å². The molecule has 1 fully saturated rings. The average Bonchev–Trinajstić information content (AvgIpc) is 2.21. The Morgan fingerprint density at radius 1 is 1.07 bits per heavy atom. The number of hydrogen-bond acceptors (Lipinski definition) is 3. The van der Waals surface area contributed by atoms with Crippen LogP contribution >= 0.6 is 0 Å². The van der Waals surface area contributed by atoms with Gasteiger partial charge < -0.3 is 14.6 Å². The molecule has 1 heterocycles. The highest BCUT2D eigenvalue weighted by Gasteiger charge is 2.19. The molecule has 0 atom stereocenters. The summed E-state index contributed by atoms with van der Waals surface area (Å²) in [5.74, 6) is 0. The fraction of sp³-hybridized carbons (Fsp3) is 1.00. The predicted octanol–water partition coefficient (Wildman–Crippen LogP) is 2.08. The maximum atomic E-state index is 9.12. The fourth-order valence-corrected chi connectivity index (χ4v) is 1.61. The summed E-state index contributed by atoms with van der Waals surface area (Å²) in [7, 11) is 0. The molecule has 84 valence electrons. The van der Waals surface area contributed by atoms with Crippen LogP contribution in [-0.2, 0) is 9.47 Å². The Kier molecular flexibility index (Phi) is 6.15. The summed E-state index contributed by atoms with van der Waals surface area (Å²) < 4.78 is 10.6. The van der Waals surface area contributed by atoms with Gasteiger partial charge in [-0.15, -0.1) is 0 Å². The number of hydrogen-bond donors (Lipinski definition) is 1. The second-order valence-corrected chi connectivity index (χ2v) is 3.95. The molecule has 0 bridgehead atoms. The van der Waals surface area contributed by atoms with Crippen molar-refractivity contribution in [3.05, 3.63) is 0 Å². The van der Waals surface area contributed by atoms with Crippen molar-refractivity contribution in [1.82, 2.24) is 0 Å². The van der Waals surface area contributed by atoms with Crippen LogP contribution in [-0.4, -0.2) is 30.7 Å². The quantitative estimate of drug-likeness (QED) is 0.670. The summed E-state index contributed by atoms with van der Waals surface area (Å²) in [5.41, 5.74) is 0. The molecule has 0 saturated carbocycles. The third-order valence-corrected chi connectivity index (χ3v) is 2.49. The van der Waals surface area contributed by atoms with Gasteiger partial charge >= 0.3 is 0 Å². The Morgan fingerprint density at radius 3 is 2.36 bits per heavy atom. The molecule has 0 unspecified atom stereocenters. The second-order valence-electron chi connectivity index (χ2n) is 3.95. The third-order valence-electron chi connectivity index (χ3n) is 2.49. The Hall–Kier alpha value is -0.120. The highest BCUT2D eigenvalue weighted by Crippen LogP contribution is 2.13. The van der Waals surface area contributed by atoms with E-state index >= 15 is 0 Å². The smallest absolute Gasteiger partial charge is 0.157 e. The molecule has 0 aromatic rings. The summed E-state index contributed by atoms with van der Waals surface area (Å²) in [6, 6.07) is 0. The monoisotopic (exact) mass is 202 g/mol. The van der Waals surface area contributed by atoms with Crippen molar-refractivity contribution in [2.75, 3.05) is 13.2 Å². The zero-order valence-corrected chi connectivity index (χ0v) is 9.08. The lowest BCUT2D eigenvalue weighted by Gasteiger charge is -2.26. The average molecular weight is 202 g/mol. The van der Waals surface area contributed by atoms with Crippen LogP contribution in [0.4, 0.5) is 0 Å². The molecule has 0 spiro atoms. The molecule has 3 heteroatoms. The lowest BCUT2D eigenvalue weighted by atomic mass is 10.1. The molecule has 0 amide bonds. The molecule has 1 aliphatic rings. The lowest BCUT2D eigenvalue weighted by Crippen LogP contribution is -2.35. The number of aliphatic hydroxyl groups is 1. The zero-order chi connectivity index (χ0) is 10.2. The molecule has 0 aromatic carbocycles. The first-order valence-electron chi connectivity index (χ1n) is 5.74. The van der Waals surface area contributed by atoms with Crippen LogP contribution in [0, 0.1) is 0 Å². The van der Waals surface area contributed by atoms with Crippen LogP contribution < -0.4 is 0 Å². The molecule has 0 aliphatic carbocycles. The molecule has 1 saturated heterocycles. The minimum Gasteiger partial charge on any atom is -0.388 e. The van der Waals surface area contributed by atoms with Gasteiger partial charge in [0.1, 0.15) is 6.10 Å². The van der Waals surface area contributed by atoms with Crippen molar-refractivity contribution >= 4 is 0 Å². The number of aliphatic hydroxyl groups excluding tert-OH is 1. The van der Waals surface area contributed by atoms with Gasteiger partial charge in [0.15, 0.2) is 6.29 Å². The van der Waals surface area contributed by atoms with Gasteiger partial charge in [0.05, 0.1) is 13.2 Å².